The molecule has 1 atom stereocenters. The van der Waals surface area contributed by atoms with Crippen molar-refractivity contribution in [1.29, 1.82) is 0 Å². The molecule has 0 radical (unpaired) electrons. The molecule has 1 aliphatic heterocycles. The highest BCUT2D eigenvalue weighted by molar-refractivity contribution is 5.92. The first-order valence-electron chi connectivity index (χ1n) is 9.71. The lowest BCUT2D eigenvalue weighted by Gasteiger charge is -2.14. The molecule has 1 aliphatic rings. The number of ether oxygens (including phenoxy) is 1. The Labute approximate surface area is 168 Å². The molecule has 0 saturated carbocycles. The fourth-order valence-corrected chi connectivity index (χ4v) is 3.27. The molecule has 2 aromatic heterocycles. The van der Waals surface area contributed by atoms with Gasteiger partial charge in [0.2, 0.25) is 5.89 Å². The van der Waals surface area contributed by atoms with Crippen LogP contribution in [0.4, 0.5) is 0 Å². The highest BCUT2D eigenvalue weighted by atomic mass is 16.5. The normalized spacial score (nSPS) is 16.3. The number of amides is 1. The number of aromatic nitrogens is 4. The van der Waals surface area contributed by atoms with E-state index in [0.717, 1.165) is 17.7 Å². The van der Waals surface area contributed by atoms with E-state index in [0.29, 0.717) is 50.1 Å². The molecule has 0 aliphatic carbocycles. The number of benzene rings is 1. The van der Waals surface area contributed by atoms with Crippen molar-refractivity contribution in [3.63, 3.8) is 0 Å². The summed E-state index contributed by atoms with van der Waals surface area (Å²) in [5.74, 6) is 1.13. The van der Waals surface area contributed by atoms with E-state index in [9.17, 15) is 4.79 Å². The molecule has 0 N–H and O–H groups in total. The monoisotopic (exact) mass is 393 g/mol. The van der Waals surface area contributed by atoms with Crippen LogP contribution in [0.25, 0.3) is 0 Å². The maximum atomic E-state index is 12.6. The van der Waals surface area contributed by atoms with E-state index in [-0.39, 0.29) is 11.8 Å². The van der Waals surface area contributed by atoms with Crippen molar-refractivity contribution in [3.05, 3.63) is 71.4 Å². The van der Waals surface area contributed by atoms with Gasteiger partial charge < -0.3 is 14.2 Å². The molecule has 0 bridgehead atoms. The van der Waals surface area contributed by atoms with Crippen molar-refractivity contribution in [1.82, 2.24) is 25.0 Å². The topological polar surface area (TPSA) is 94.2 Å². The predicted molar refractivity (Wildman–Crippen MR) is 104 cm³/mol. The van der Waals surface area contributed by atoms with Crippen LogP contribution >= 0.6 is 0 Å². The summed E-state index contributed by atoms with van der Waals surface area (Å²) < 4.78 is 11.1. The van der Waals surface area contributed by atoms with Gasteiger partial charge in [-0.3, -0.25) is 9.78 Å². The van der Waals surface area contributed by atoms with Crippen molar-refractivity contribution in [2.45, 2.75) is 32.3 Å². The molecule has 150 valence electrons. The molecule has 29 heavy (non-hydrogen) atoms. The standard InChI is InChI=1S/C21H23N5O3/c1-15-11-23-18(12-22-15)21(27)26-9-7-17(13-26)20-24-19(25-29-20)8-10-28-14-16-5-3-2-4-6-16/h2-6,11-12,17H,7-10,13-14H2,1H3. The van der Waals surface area contributed by atoms with Gasteiger partial charge in [0, 0.05) is 25.7 Å². The van der Waals surface area contributed by atoms with Gasteiger partial charge in [-0.05, 0) is 18.9 Å². The Balaban J connectivity index is 1.26. The Morgan fingerprint density at radius 3 is 2.90 bits per heavy atom. The Morgan fingerprint density at radius 1 is 1.24 bits per heavy atom. The van der Waals surface area contributed by atoms with Gasteiger partial charge in [0.15, 0.2) is 5.82 Å². The first-order chi connectivity index (χ1) is 14.2. The highest BCUT2D eigenvalue weighted by Crippen LogP contribution is 2.26. The minimum Gasteiger partial charge on any atom is -0.376 e. The molecule has 1 aromatic carbocycles. The molecule has 3 aromatic rings. The maximum absolute atomic E-state index is 12.6. The molecular formula is C21H23N5O3. The fraction of sp³-hybridized carbons (Fsp3) is 0.381. The van der Waals surface area contributed by atoms with E-state index < -0.39 is 0 Å². The molecule has 8 nitrogen and oxygen atoms in total. The second-order valence-corrected chi connectivity index (χ2v) is 7.12. The quantitative estimate of drug-likeness (QED) is 0.569. The van der Waals surface area contributed by atoms with E-state index in [1.54, 1.807) is 11.1 Å². The van der Waals surface area contributed by atoms with Crippen LogP contribution in [-0.2, 0) is 17.8 Å². The maximum Gasteiger partial charge on any atom is 0.274 e. The van der Waals surface area contributed by atoms with Crippen LogP contribution in [0.5, 0.6) is 0 Å². The second kappa shape index (κ2) is 8.91. The van der Waals surface area contributed by atoms with Crippen LogP contribution in [0.1, 0.15) is 45.8 Å². The van der Waals surface area contributed by atoms with Gasteiger partial charge in [0.25, 0.3) is 5.91 Å². The number of carbonyl (C=O) groups is 1. The summed E-state index contributed by atoms with van der Waals surface area (Å²) in [6.45, 7) is 4.10. The predicted octanol–water partition coefficient (Wildman–Crippen LogP) is 2.56. The molecule has 4 rings (SSSR count). The van der Waals surface area contributed by atoms with Crippen LogP contribution < -0.4 is 0 Å². The summed E-state index contributed by atoms with van der Waals surface area (Å²) >= 11 is 0. The second-order valence-electron chi connectivity index (χ2n) is 7.12. The van der Waals surface area contributed by atoms with Crippen LogP contribution in [-0.4, -0.2) is 50.6 Å². The lowest BCUT2D eigenvalue weighted by Crippen LogP contribution is -2.29. The smallest absolute Gasteiger partial charge is 0.274 e. The van der Waals surface area contributed by atoms with Crippen molar-refractivity contribution in [3.8, 4) is 0 Å². The summed E-state index contributed by atoms with van der Waals surface area (Å²) in [4.78, 5) is 27.1. The zero-order valence-electron chi connectivity index (χ0n) is 16.3. The third-order valence-corrected chi connectivity index (χ3v) is 4.89. The zero-order valence-corrected chi connectivity index (χ0v) is 16.3. The molecule has 1 fully saturated rings. The number of nitrogens with zero attached hydrogens (tertiary/aromatic N) is 5. The average Bonchev–Trinajstić information content (AvgIpc) is 3.42. The van der Waals surface area contributed by atoms with Crippen molar-refractivity contribution in [2.24, 2.45) is 0 Å². The Hall–Kier alpha value is -3.13. The number of rotatable bonds is 7. The first-order valence-corrected chi connectivity index (χ1v) is 9.71. The summed E-state index contributed by atoms with van der Waals surface area (Å²) in [7, 11) is 0. The number of hydrogen-bond acceptors (Lipinski definition) is 7. The molecule has 0 spiro atoms. The van der Waals surface area contributed by atoms with Crippen molar-refractivity contribution >= 4 is 5.91 Å². The highest BCUT2D eigenvalue weighted by Gasteiger charge is 2.32. The Bertz CT molecular complexity index is 942. The van der Waals surface area contributed by atoms with E-state index in [1.807, 2.05) is 37.3 Å². The molecule has 8 heteroatoms. The Kier molecular flexibility index (Phi) is 5.90. The van der Waals surface area contributed by atoms with Gasteiger partial charge in [-0.25, -0.2) is 4.98 Å². The fourth-order valence-electron chi connectivity index (χ4n) is 3.27. The van der Waals surface area contributed by atoms with Crippen LogP contribution in [0.2, 0.25) is 0 Å². The third kappa shape index (κ3) is 4.83. The number of carbonyl (C=O) groups excluding carboxylic acids is 1. The lowest BCUT2D eigenvalue weighted by molar-refractivity contribution is 0.0783. The number of aryl methyl sites for hydroxylation is 1. The van der Waals surface area contributed by atoms with Gasteiger partial charge in [-0.1, -0.05) is 35.5 Å². The van der Waals surface area contributed by atoms with E-state index in [2.05, 4.69) is 20.1 Å². The van der Waals surface area contributed by atoms with Gasteiger partial charge in [0.1, 0.15) is 5.69 Å². The van der Waals surface area contributed by atoms with Crippen molar-refractivity contribution in [2.75, 3.05) is 19.7 Å². The molecule has 3 heterocycles. The summed E-state index contributed by atoms with van der Waals surface area (Å²) in [6.07, 6.45) is 4.50. The van der Waals surface area contributed by atoms with Crippen molar-refractivity contribution < 1.29 is 14.1 Å². The number of likely N-dealkylation sites (tertiary alicyclic amines) is 1. The van der Waals surface area contributed by atoms with E-state index >= 15 is 0 Å². The zero-order chi connectivity index (χ0) is 20.1. The van der Waals surface area contributed by atoms with Gasteiger partial charge in [0.05, 0.1) is 31.0 Å². The summed E-state index contributed by atoms with van der Waals surface area (Å²) in [6, 6.07) is 10.0. The van der Waals surface area contributed by atoms with E-state index in [1.165, 1.54) is 6.20 Å². The lowest BCUT2D eigenvalue weighted by atomic mass is 10.1. The molecule has 1 amide bonds. The van der Waals surface area contributed by atoms with Gasteiger partial charge in [-0.2, -0.15) is 4.98 Å². The minimum atomic E-state index is -0.117. The third-order valence-electron chi connectivity index (χ3n) is 4.89. The molecule has 1 unspecified atom stereocenters. The minimum absolute atomic E-state index is 0.0452. The Morgan fingerprint density at radius 2 is 2.10 bits per heavy atom. The van der Waals surface area contributed by atoms with Gasteiger partial charge in [-0.15, -0.1) is 0 Å². The van der Waals surface area contributed by atoms with Crippen LogP contribution in [0, 0.1) is 6.92 Å². The summed E-state index contributed by atoms with van der Waals surface area (Å²) in [5, 5.41) is 4.05. The van der Waals surface area contributed by atoms with E-state index in [4.69, 9.17) is 9.26 Å². The SMILES string of the molecule is Cc1cnc(C(=O)N2CCC(c3nc(CCOCc4ccccc4)no3)C2)cn1. The summed E-state index contributed by atoms with van der Waals surface area (Å²) in [5.41, 5.74) is 2.28. The first kappa shape index (κ1) is 19.2. The average molecular weight is 393 g/mol. The number of hydrogen-bond donors (Lipinski definition) is 0. The largest absolute Gasteiger partial charge is 0.376 e. The molecule has 1 saturated heterocycles. The van der Waals surface area contributed by atoms with Crippen LogP contribution in [0.3, 0.4) is 0 Å². The van der Waals surface area contributed by atoms with Crippen LogP contribution in [0.15, 0.2) is 47.2 Å². The van der Waals surface area contributed by atoms with Gasteiger partial charge >= 0.3 is 0 Å². The molecular weight excluding hydrogens is 370 g/mol.